The number of para-hydroxylation sites is 1. The summed E-state index contributed by atoms with van der Waals surface area (Å²) in [5.74, 6) is -1.75. The van der Waals surface area contributed by atoms with Crippen LogP contribution in [0.2, 0.25) is 0 Å². The molecule has 10 nitrogen and oxygen atoms in total. The molecular weight excluding hydrogens is 536 g/mol. The number of carbonyl (C=O) groups is 3. The lowest BCUT2D eigenvalue weighted by Crippen LogP contribution is -2.50. The largest absolute Gasteiger partial charge is 0.494 e. The average molecular weight is 579 g/mol. The maximum absolute atomic E-state index is 13.4. The lowest BCUT2D eigenvalue weighted by atomic mass is 9.94. The molecule has 226 valence electrons. The van der Waals surface area contributed by atoms with Crippen molar-refractivity contribution < 1.29 is 29.0 Å². The SMILES string of the molecule is NCCCCOc1ccc(CCC[C@H](CC(=O)O)C(=O)N[C@H]2Cc3cn(c4ccccc34)CCOCCNC2=O)cc1. The number of unbranched alkanes of at least 4 members (excludes halogenated alkanes) is 1. The van der Waals surface area contributed by atoms with E-state index in [2.05, 4.69) is 15.2 Å². The highest BCUT2D eigenvalue weighted by Crippen LogP contribution is 2.24. The third-order valence-electron chi connectivity index (χ3n) is 7.55. The lowest BCUT2D eigenvalue weighted by Gasteiger charge is -2.22. The molecule has 0 radical (unpaired) electrons. The third-order valence-corrected chi connectivity index (χ3v) is 7.55. The van der Waals surface area contributed by atoms with E-state index >= 15 is 0 Å². The fourth-order valence-electron chi connectivity index (χ4n) is 5.30. The first-order valence-electron chi connectivity index (χ1n) is 14.8. The van der Waals surface area contributed by atoms with Crippen molar-refractivity contribution in [1.82, 2.24) is 15.2 Å². The second-order valence-electron chi connectivity index (χ2n) is 10.7. The number of ether oxygens (including phenoxy) is 2. The van der Waals surface area contributed by atoms with E-state index in [0.717, 1.165) is 40.6 Å². The van der Waals surface area contributed by atoms with E-state index in [-0.39, 0.29) is 12.3 Å². The quantitative estimate of drug-likeness (QED) is 0.228. The van der Waals surface area contributed by atoms with Crippen molar-refractivity contribution in [3.63, 3.8) is 0 Å². The van der Waals surface area contributed by atoms with Crippen molar-refractivity contribution in [1.29, 1.82) is 0 Å². The molecular formula is C32H42N4O6. The Labute approximate surface area is 246 Å². The van der Waals surface area contributed by atoms with E-state index in [4.69, 9.17) is 15.2 Å². The minimum absolute atomic E-state index is 0.298. The Morgan fingerprint density at radius 2 is 1.93 bits per heavy atom. The number of hydrogen-bond donors (Lipinski definition) is 4. The van der Waals surface area contributed by atoms with Gasteiger partial charge in [0, 0.05) is 42.5 Å². The highest BCUT2D eigenvalue weighted by atomic mass is 16.5. The van der Waals surface area contributed by atoms with Crippen LogP contribution < -0.4 is 21.1 Å². The monoisotopic (exact) mass is 578 g/mol. The number of nitrogens with one attached hydrogen (secondary N) is 2. The van der Waals surface area contributed by atoms with E-state index < -0.39 is 23.8 Å². The summed E-state index contributed by atoms with van der Waals surface area (Å²) in [7, 11) is 0. The number of nitrogens with two attached hydrogens (primary N) is 1. The van der Waals surface area contributed by atoms with Gasteiger partial charge in [-0.3, -0.25) is 14.4 Å². The van der Waals surface area contributed by atoms with Crippen molar-refractivity contribution in [3.8, 4) is 5.75 Å². The summed E-state index contributed by atoms with van der Waals surface area (Å²) in [4.78, 5) is 38.2. The topological polar surface area (TPSA) is 145 Å². The summed E-state index contributed by atoms with van der Waals surface area (Å²) < 4.78 is 13.5. The van der Waals surface area contributed by atoms with Gasteiger partial charge >= 0.3 is 5.97 Å². The van der Waals surface area contributed by atoms with Gasteiger partial charge in [-0.2, -0.15) is 0 Å². The van der Waals surface area contributed by atoms with Crippen molar-refractivity contribution >= 4 is 28.7 Å². The molecule has 0 spiro atoms. The molecule has 2 bridgehead atoms. The number of aryl methyl sites for hydroxylation is 1. The molecule has 0 fully saturated rings. The third kappa shape index (κ3) is 9.06. The number of amides is 2. The number of carbonyl (C=O) groups excluding carboxylic acids is 2. The number of fused-ring (bicyclic) bond motifs is 5. The van der Waals surface area contributed by atoms with E-state index in [0.29, 0.717) is 65.1 Å². The Hall–Kier alpha value is -3.89. The summed E-state index contributed by atoms with van der Waals surface area (Å²) in [6.07, 6.45) is 5.54. The predicted molar refractivity (Wildman–Crippen MR) is 160 cm³/mol. The minimum atomic E-state index is -1.05. The fourth-order valence-corrected chi connectivity index (χ4v) is 5.30. The molecule has 2 atom stereocenters. The van der Waals surface area contributed by atoms with Crippen molar-refractivity contribution in [2.24, 2.45) is 11.7 Å². The van der Waals surface area contributed by atoms with Gasteiger partial charge in [0.1, 0.15) is 11.8 Å². The van der Waals surface area contributed by atoms with Crippen molar-refractivity contribution in [2.75, 3.05) is 32.9 Å². The Morgan fingerprint density at radius 1 is 1.12 bits per heavy atom. The molecule has 2 aromatic carbocycles. The first-order valence-corrected chi connectivity index (χ1v) is 14.8. The molecule has 1 aromatic heterocycles. The van der Waals surface area contributed by atoms with Gasteiger partial charge in [0.05, 0.1) is 26.2 Å². The van der Waals surface area contributed by atoms with Gasteiger partial charge in [-0.1, -0.05) is 30.3 Å². The Morgan fingerprint density at radius 3 is 2.71 bits per heavy atom. The molecule has 5 N–H and O–H groups in total. The molecule has 2 amide bonds. The van der Waals surface area contributed by atoms with E-state index in [1.807, 2.05) is 54.7 Å². The first kappa shape index (κ1) is 31.1. The second-order valence-corrected chi connectivity index (χ2v) is 10.7. The standard InChI is InChI=1S/C32H42N4O6/c33-14-3-4-17-42-26-12-10-23(11-13-26)6-5-7-24(21-30(37)38)31(39)35-28-20-25-22-36(29-9-2-1-8-27(25)29)16-19-41-18-15-34-32(28)40/h1-2,8-13,22,24,28H,3-7,14-21,33H2,(H,34,40)(H,35,39)(H,37,38)/t24-,28+/m1/s1. The number of carboxylic acid groups (broad SMARTS) is 1. The zero-order valence-corrected chi connectivity index (χ0v) is 24.1. The maximum Gasteiger partial charge on any atom is 0.304 e. The highest BCUT2D eigenvalue weighted by Gasteiger charge is 2.28. The number of hydrogen-bond acceptors (Lipinski definition) is 6. The van der Waals surface area contributed by atoms with E-state index in [9.17, 15) is 19.5 Å². The molecule has 1 aliphatic heterocycles. The molecule has 0 aliphatic carbocycles. The minimum Gasteiger partial charge on any atom is -0.494 e. The van der Waals surface area contributed by atoms with Gasteiger partial charge in [-0.05, 0) is 68.0 Å². The molecule has 3 aromatic rings. The summed E-state index contributed by atoms with van der Waals surface area (Å²) in [5.41, 5.74) is 8.57. The van der Waals surface area contributed by atoms with Crippen LogP contribution in [0.5, 0.6) is 5.75 Å². The Balaban J connectivity index is 1.40. The fraction of sp³-hybridized carbons (Fsp3) is 0.469. The maximum atomic E-state index is 13.4. The van der Waals surface area contributed by atoms with Crippen LogP contribution in [0.25, 0.3) is 10.9 Å². The molecule has 10 heteroatoms. The van der Waals surface area contributed by atoms with Gasteiger partial charge in [-0.15, -0.1) is 0 Å². The smallest absolute Gasteiger partial charge is 0.304 e. The summed E-state index contributed by atoms with van der Waals surface area (Å²) in [5, 5.41) is 16.3. The van der Waals surface area contributed by atoms with Crippen LogP contribution in [0, 0.1) is 5.92 Å². The zero-order chi connectivity index (χ0) is 29.7. The number of benzene rings is 2. The van der Waals surface area contributed by atoms with Crippen molar-refractivity contribution in [3.05, 3.63) is 65.9 Å². The second kappa shape index (κ2) is 15.9. The first-order chi connectivity index (χ1) is 20.4. The molecule has 4 rings (SSSR count). The van der Waals surface area contributed by atoms with Crippen LogP contribution in [0.3, 0.4) is 0 Å². The van der Waals surface area contributed by atoms with Gasteiger partial charge in [0.2, 0.25) is 11.8 Å². The molecule has 0 unspecified atom stereocenters. The number of aromatic nitrogens is 1. The number of rotatable bonds is 13. The lowest BCUT2D eigenvalue weighted by molar-refractivity contribution is -0.141. The van der Waals surface area contributed by atoms with Crippen LogP contribution in [0.15, 0.2) is 54.7 Å². The zero-order valence-electron chi connectivity index (χ0n) is 24.1. The molecule has 1 aliphatic rings. The van der Waals surface area contributed by atoms with Crippen molar-refractivity contribution in [2.45, 2.75) is 57.5 Å². The molecule has 0 saturated heterocycles. The normalized spacial score (nSPS) is 16.6. The van der Waals surface area contributed by atoms with E-state index in [1.165, 1.54) is 0 Å². The van der Waals surface area contributed by atoms with Crippen LogP contribution in [0.4, 0.5) is 0 Å². The number of nitrogens with zero attached hydrogens (tertiary/aromatic N) is 1. The molecule has 42 heavy (non-hydrogen) atoms. The van der Waals surface area contributed by atoms with Crippen LogP contribution in [-0.2, 0) is 38.5 Å². The van der Waals surface area contributed by atoms with Crippen LogP contribution in [0.1, 0.15) is 43.2 Å². The van der Waals surface area contributed by atoms with Gasteiger partial charge in [0.25, 0.3) is 0 Å². The van der Waals surface area contributed by atoms with Crippen LogP contribution in [-0.4, -0.2) is 66.4 Å². The Kier molecular flexibility index (Phi) is 11.8. The average Bonchev–Trinajstić information content (AvgIpc) is 3.33. The van der Waals surface area contributed by atoms with Gasteiger partial charge in [0.15, 0.2) is 0 Å². The summed E-state index contributed by atoms with van der Waals surface area (Å²) in [6, 6.07) is 14.9. The van der Waals surface area contributed by atoms with Gasteiger partial charge in [-0.25, -0.2) is 0 Å². The Bertz CT molecular complexity index is 1320. The highest BCUT2D eigenvalue weighted by molar-refractivity contribution is 5.91. The summed E-state index contributed by atoms with van der Waals surface area (Å²) >= 11 is 0. The van der Waals surface area contributed by atoms with Gasteiger partial charge < -0.3 is 35.5 Å². The molecule has 0 saturated carbocycles. The molecule has 2 heterocycles. The summed E-state index contributed by atoms with van der Waals surface area (Å²) in [6.45, 7) is 3.17. The van der Waals surface area contributed by atoms with E-state index in [1.54, 1.807) is 0 Å². The van der Waals surface area contributed by atoms with Crippen LogP contribution >= 0.6 is 0 Å². The number of aliphatic carboxylic acids is 1. The predicted octanol–water partition coefficient (Wildman–Crippen LogP) is 3.05. The number of carboxylic acids is 1.